The number of hydrogen-bond donors (Lipinski definition) is 0. The Balaban J connectivity index is 1.74. The van der Waals surface area contributed by atoms with Crippen molar-refractivity contribution in [2.45, 2.75) is 6.61 Å². The third kappa shape index (κ3) is 4.78. The predicted octanol–water partition coefficient (Wildman–Crippen LogP) is 4.83. The molecule has 0 aliphatic carbocycles. The maximum Gasteiger partial charge on any atom is 0.338 e. The van der Waals surface area contributed by atoms with Crippen LogP contribution in [0.15, 0.2) is 55.1 Å². The number of esters is 1. The van der Waals surface area contributed by atoms with Gasteiger partial charge in [0, 0.05) is 17.0 Å². The first-order valence-electron chi connectivity index (χ1n) is 8.77. The zero-order chi connectivity index (χ0) is 20.8. The van der Waals surface area contributed by atoms with Gasteiger partial charge in [-0.3, -0.25) is 0 Å². The van der Waals surface area contributed by atoms with Crippen LogP contribution in [-0.4, -0.2) is 31.8 Å². The molecule has 29 heavy (non-hydrogen) atoms. The van der Waals surface area contributed by atoms with E-state index in [0.717, 1.165) is 5.39 Å². The summed E-state index contributed by atoms with van der Waals surface area (Å²) in [6.07, 6.45) is 1.62. The van der Waals surface area contributed by atoms with E-state index in [2.05, 4.69) is 11.6 Å². The Labute approximate surface area is 173 Å². The van der Waals surface area contributed by atoms with Crippen LogP contribution >= 0.6 is 11.6 Å². The first kappa shape index (κ1) is 20.5. The molecule has 0 aliphatic heterocycles. The van der Waals surface area contributed by atoms with Gasteiger partial charge in [-0.15, -0.1) is 0 Å². The van der Waals surface area contributed by atoms with Gasteiger partial charge in [-0.05, 0) is 36.4 Å². The van der Waals surface area contributed by atoms with Gasteiger partial charge in [0.15, 0.2) is 11.5 Å². The van der Waals surface area contributed by atoms with E-state index in [1.54, 1.807) is 37.5 Å². The SMILES string of the molecule is C=CCOc1ccc(C(=O)OCc2cc3ccc(OC)cc3nc2Cl)cc1OC. The molecule has 0 aliphatic rings. The van der Waals surface area contributed by atoms with E-state index in [1.165, 1.54) is 7.11 Å². The topological polar surface area (TPSA) is 66.9 Å². The normalized spacial score (nSPS) is 10.4. The molecule has 6 nitrogen and oxygen atoms in total. The smallest absolute Gasteiger partial charge is 0.338 e. The third-order valence-electron chi connectivity index (χ3n) is 4.17. The third-order valence-corrected chi connectivity index (χ3v) is 4.49. The van der Waals surface area contributed by atoms with Gasteiger partial charge in [0.25, 0.3) is 0 Å². The van der Waals surface area contributed by atoms with Gasteiger partial charge in [-0.2, -0.15) is 0 Å². The number of pyridine rings is 1. The summed E-state index contributed by atoms with van der Waals surface area (Å²) in [5.41, 5.74) is 1.64. The zero-order valence-corrected chi connectivity index (χ0v) is 16.9. The van der Waals surface area contributed by atoms with Crippen molar-refractivity contribution in [1.82, 2.24) is 4.98 Å². The van der Waals surface area contributed by atoms with Crippen molar-refractivity contribution in [3.8, 4) is 17.2 Å². The minimum absolute atomic E-state index is 0.0103. The van der Waals surface area contributed by atoms with Gasteiger partial charge in [0.2, 0.25) is 0 Å². The predicted molar refractivity (Wildman–Crippen MR) is 111 cm³/mol. The van der Waals surface area contributed by atoms with E-state index in [0.29, 0.717) is 40.5 Å². The first-order chi connectivity index (χ1) is 14.0. The fraction of sp³-hybridized carbons (Fsp3) is 0.182. The average molecular weight is 414 g/mol. The second-order valence-corrected chi connectivity index (χ2v) is 6.40. The Morgan fingerprint density at radius 1 is 1.10 bits per heavy atom. The van der Waals surface area contributed by atoms with Crippen molar-refractivity contribution in [2.75, 3.05) is 20.8 Å². The van der Waals surface area contributed by atoms with Crippen molar-refractivity contribution in [3.63, 3.8) is 0 Å². The van der Waals surface area contributed by atoms with Crippen LogP contribution in [0.3, 0.4) is 0 Å². The number of carbonyl (C=O) groups excluding carboxylic acids is 1. The monoisotopic (exact) mass is 413 g/mol. The van der Waals surface area contributed by atoms with Crippen LogP contribution in [0.5, 0.6) is 17.2 Å². The van der Waals surface area contributed by atoms with Crippen molar-refractivity contribution in [1.29, 1.82) is 0 Å². The Morgan fingerprint density at radius 3 is 2.66 bits per heavy atom. The number of methoxy groups -OCH3 is 2. The molecule has 0 N–H and O–H groups in total. The molecular weight excluding hydrogens is 394 g/mol. The lowest BCUT2D eigenvalue weighted by atomic mass is 10.1. The lowest BCUT2D eigenvalue weighted by Gasteiger charge is -2.11. The molecule has 7 heteroatoms. The molecule has 0 saturated heterocycles. The van der Waals surface area contributed by atoms with Gasteiger partial charge >= 0.3 is 5.97 Å². The zero-order valence-electron chi connectivity index (χ0n) is 16.1. The molecule has 3 aromatic rings. The highest BCUT2D eigenvalue weighted by atomic mass is 35.5. The Hall–Kier alpha value is -3.25. The van der Waals surface area contributed by atoms with Crippen molar-refractivity contribution in [3.05, 3.63) is 71.4 Å². The molecule has 0 fully saturated rings. The maximum atomic E-state index is 12.5. The summed E-state index contributed by atoms with van der Waals surface area (Å²) in [6.45, 7) is 3.93. The molecular formula is C22H20ClNO5. The van der Waals surface area contributed by atoms with Crippen LogP contribution in [0.4, 0.5) is 0 Å². The molecule has 0 amide bonds. The van der Waals surface area contributed by atoms with Gasteiger partial charge in [-0.25, -0.2) is 9.78 Å². The first-order valence-corrected chi connectivity index (χ1v) is 9.15. The molecule has 1 heterocycles. The Morgan fingerprint density at radius 2 is 1.93 bits per heavy atom. The van der Waals surface area contributed by atoms with Crippen molar-refractivity contribution in [2.24, 2.45) is 0 Å². The number of benzene rings is 2. The molecule has 0 bridgehead atoms. The molecule has 0 spiro atoms. The largest absolute Gasteiger partial charge is 0.497 e. The second-order valence-electron chi connectivity index (χ2n) is 6.04. The van der Waals surface area contributed by atoms with Crippen LogP contribution in [-0.2, 0) is 11.3 Å². The highest BCUT2D eigenvalue weighted by molar-refractivity contribution is 6.30. The molecule has 150 valence electrons. The van der Waals surface area contributed by atoms with Crippen LogP contribution < -0.4 is 14.2 Å². The highest BCUT2D eigenvalue weighted by Crippen LogP contribution is 2.29. The van der Waals surface area contributed by atoms with E-state index in [-0.39, 0.29) is 11.8 Å². The van der Waals surface area contributed by atoms with Crippen LogP contribution in [0.25, 0.3) is 10.9 Å². The molecule has 1 aromatic heterocycles. The summed E-state index contributed by atoms with van der Waals surface area (Å²) < 4.78 is 21.4. The van der Waals surface area contributed by atoms with Gasteiger partial charge in [-0.1, -0.05) is 24.3 Å². The summed E-state index contributed by atoms with van der Waals surface area (Å²) in [5.74, 6) is 1.13. The van der Waals surface area contributed by atoms with E-state index in [9.17, 15) is 4.79 Å². The maximum absolute atomic E-state index is 12.5. The summed E-state index contributed by atoms with van der Waals surface area (Å²) in [4.78, 5) is 16.8. The van der Waals surface area contributed by atoms with Crippen LogP contribution in [0.2, 0.25) is 5.15 Å². The number of rotatable bonds is 8. The van der Waals surface area contributed by atoms with Gasteiger partial charge in [0.05, 0.1) is 25.3 Å². The summed E-state index contributed by atoms with van der Waals surface area (Å²) in [6, 6.07) is 12.1. The number of aromatic nitrogens is 1. The van der Waals surface area contributed by atoms with E-state index in [4.69, 9.17) is 30.5 Å². The fourth-order valence-electron chi connectivity index (χ4n) is 2.68. The van der Waals surface area contributed by atoms with Crippen LogP contribution in [0.1, 0.15) is 15.9 Å². The number of ether oxygens (including phenoxy) is 4. The van der Waals surface area contributed by atoms with Crippen molar-refractivity contribution < 1.29 is 23.7 Å². The van der Waals surface area contributed by atoms with E-state index >= 15 is 0 Å². The minimum Gasteiger partial charge on any atom is -0.497 e. The molecule has 0 atom stereocenters. The molecule has 0 saturated carbocycles. The lowest BCUT2D eigenvalue weighted by Crippen LogP contribution is -2.07. The standard InChI is InChI=1S/C22H20ClNO5/c1-4-9-28-19-8-6-15(11-20(19)27-3)22(25)29-13-16-10-14-5-7-17(26-2)12-18(14)24-21(16)23/h4-8,10-12H,1,9,13H2,2-3H3. The van der Waals surface area contributed by atoms with Crippen molar-refractivity contribution >= 4 is 28.5 Å². The summed E-state index contributed by atoms with van der Waals surface area (Å²) >= 11 is 6.26. The lowest BCUT2D eigenvalue weighted by molar-refractivity contribution is 0.0472. The number of fused-ring (bicyclic) bond motifs is 1. The number of carbonyl (C=O) groups is 1. The Bertz CT molecular complexity index is 1050. The molecule has 2 aromatic carbocycles. The average Bonchev–Trinajstić information content (AvgIpc) is 2.75. The van der Waals surface area contributed by atoms with Crippen LogP contribution in [0, 0.1) is 0 Å². The Kier molecular flexibility index (Phi) is 6.57. The summed E-state index contributed by atoms with van der Waals surface area (Å²) in [5, 5.41) is 1.14. The number of hydrogen-bond acceptors (Lipinski definition) is 6. The second kappa shape index (κ2) is 9.30. The molecule has 0 radical (unpaired) electrons. The number of halogens is 1. The quantitative estimate of drug-likeness (QED) is 0.299. The number of nitrogens with zero attached hydrogens (tertiary/aromatic N) is 1. The summed E-state index contributed by atoms with van der Waals surface area (Å²) in [7, 11) is 3.09. The van der Waals surface area contributed by atoms with Gasteiger partial charge < -0.3 is 18.9 Å². The minimum atomic E-state index is -0.510. The molecule has 0 unspecified atom stereocenters. The molecule has 3 rings (SSSR count). The van der Waals surface area contributed by atoms with E-state index in [1.807, 2.05) is 18.2 Å². The fourth-order valence-corrected chi connectivity index (χ4v) is 2.88. The van der Waals surface area contributed by atoms with Gasteiger partial charge in [0.1, 0.15) is 24.1 Å². The van der Waals surface area contributed by atoms with E-state index < -0.39 is 5.97 Å². The highest BCUT2D eigenvalue weighted by Gasteiger charge is 2.14.